The van der Waals surface area contributed by atoms with Gasteiger partial charge in [-0.1, -0.05) is 6.42 Å². The van der Waals surface area contributed by atoms with Crippen molar-refractivity contribution in [3.05, 3.63) is 48.7 Å². The first-order valence-corrected chi connectivity index (χ1v) is 10.5. The van der Waals surface area contributed by atoms with E-state index in [1.165, 1.54) is 19.3 Å². The molecule has 0 atom stereocenters. The molecule has 1 amide bonds. The molecule has 4 rings (SSSR count). The molecule has 7 heteroatoms. The largest absolute Gasteiger partial charge is 0.493 e. The number of hydrogen-bond acceptors (Lipinski definition) is 6. The molecule has 0 saturated carbocycles. The van der Waals surface area contributed by atoms with Crippen molar-refractivity contribution >= 4 is 22.5 Å². The van der Waals surface area contributed by atoms with Gasteiger partial charge in [0.05, 0.1) is 26.3 Å². The van der Waals surface area contributed by atoms with E-state index in [9.17, 15) is 4.79 Å². The fraction of sp³-hybridized carbons (Fsp3) is 0.333. The van der Waals surface area contributed by atoms with E-state index in [2.05, 4.69) is 15.2 Å². The number of carbonyl (C=O) groups excluding carboxylic acids is 1. The lowest BCUT2D eigenvalue weighted by Crippen LogP contribution is -2.36. The second-order valence-electron chi connectivity index (χ2n) is 7.54. The predicted molar refractivity (Wildman–Crippen MR) is 120 cm³/mol. The van der Waals surface area contributed by atoms with E-state index in [0.717, 1.165) is 29.7 Å². The zero-order valence-electron chi connectivity index (χ0n) is 17.9. The molecule has 7 nitrogen and oxygen atoms in total. The summed E-state index contributed by atoms with van der Waals surface area (Å²) in [6, 6.07) is 12.8. The molecular weight excluding hydrogens is 394 g/mol. The summed E-state index contributed by atoms with van der Waals surface area (Å²) in [5, 5.41) is 3.78. The van der Waals surface area contributed by atoms with E-state index >= 15 is 0 Å². The zero-order chi connectivity index (χ0) is 21.6. The number of ether oxygens (including phenoxy) is 3. The third-order valence-electron chi connectivity index (χ3n) is 5.39. The Morgan fingerprint density at radius 3 is 2.39 bits per heavy atom. The van der Waals surface area contributed by atoms with Crippen LogP contribution < -0.4 is 19.5 Å². The molecule has 1 fully saturated rings. The highest BCUT2D eigenvalue weighted by Crippen LogP contribution is 2.36. The molecular formula is C24H27N3O4. The predicted octanol–water partition coefficient (Wildman–Crippen LogP) is 4.47. The minimum atomic E-state index is 0.0109. The molecule has 0 spiro atoms. The van der Waals surface area contributed by atoms with E-state index < -0.39 is 0 Å². The Hall–Kier alpha value is -3.32. The maximum atomic E-state index is 12.3. The molecule has 1 saturated heterocycles. The second kappa shape index (κ2) is 9.66. The highest BCUT2D eigenvalue weighted by Gasteiger charge is 2.14. The van der Waals surface area contributed by atoms with Gasteiger partial charge >= 0.3 is 0 Å². The molecule has 2 heterocycles. The maximum absolute atomic E-state index is 12.3. The molecule has 1 aliphatic rings. The van der Waals surface area contributed by atoms with Crippen LogP contribution in [-0.2, 0) is 4.79 Å². The van der Waals surface area contributed by atoms with Gasteiger partial charge in [-0.3, -0.25) is 14.7 Å². The summed E-state index contributed by atoms with van der Waals surface area (Å²) in [4.78, 5) is 18.9. The number of pyridine rings is 1. The van der Waals surface area contributed by atoms with Crippen LogP contribution in [-0.4, -0.2) is 49.6 Å². The van der Waals surface area contributed by atoms with Crippen molar-refractivity contribution in [3.63, 3.8) is 0 Å². The molecule has 1 aromatic heterocycles. The van der Waals surface area contributed by atoms with Crippen molar-refractivity contribution in [1.82, 2.24) is 9.88 Å². The van der Waals surface area contributed by atoms with Crippen LogP contribution in [0.2, 0.25) is 0 Å². The summed E-state index contributed by atoms with van der Waals surface area (Å²) < 4.78 is 16.8. The van der Waals surface area contributed by atoms with Gasteiger partial charge in [0.25, 0.3) is 0 Å². The smallest absolute Gasteiger partial charge is 0.238 e. The molecule has 0 unspecified atom stereocenters. The normalized spacial score (nSPS) is 14.3. The number of carbonyl (C=O) groups is 1. The number of hydrogen-bond donors (Lipinski definition) is 1. The van der Waals surface area contributed by atoms with Crippen molar-refractivity contribution in [2.45, 2.75) is 19.3 Å². The molecule has 3 aromatic rings. The highest BCUT2D eigenvalue weighted by molar-refractivity contribution is 5.92. The summed E-state index contributed by atoms with van der Waals surface area (Å²) in [5.74, 6) is 2.56. The van der Waals surface area contributed by atoms with Crippen LogP contribution >= 0.6 is 0 Å². The lowest BCUT2D eigenvalue weighted by Gasteiger charge is -2.25. The molecule has 2 aromatic carbocycles. The van der Waals surface area contributed by atoms with Crippen LogP contribution in [0.25, 0.3) is 10.9 Å². The summed E-state index contributed by atoms with van der Waals surface area (Å²) >= 11 is 0. The van der Waals surface area contributed by atoms with Gasteiger partial charge in [-0.25, -0.2) is 0 Å². The number of anilines is 1. The van der Waals surface area contributed by atoms with Gasteiger partial charge < -0.3 is 19.5 Å². The maximum Gasteiger partial charge on any atom is 0.238 e. The minimum Gasteiger partial charge on any atom is -0.493 e. The van der Waals surface area contributed by atoms with Crippen molar-refractivity contribution < 1.29 is 19.0 Å². The first kappa shape index (κ1) is 20.9. The van der Waals surface area contributed by atoms with Gasteiger partial charge in [-0.05, 0) is 62.3 Å². The average molecular weight is 421 g/mol. The molecule has 0 aliphatic carbocycles. The number of likely N-dealkylation sites (tertiary alicyclic amines) is 1. The summed E-state index contributed by atoms with van der Waals surface area (Å²) in [7, 11) is 3.19. The number of fused-ring (bicyclic) bond motifs is 1. The van der Waals surface area contributed by atoms with Crippen LogP contribution in [0.3, 0.4) is 0 Å². The Kier molecular flexibility index (Phi) is 6.52. The Morgan fingerprint density at radius 2 is 1.68 bits per heavy atom. The third-order valence-corrected chi connectivity index (χ3v) is 5.39. The summed E-state index contributed by atoms with van der Waals surface area (Å²) in [6.07, 6.45) is 5.29. The monoisotopic (exact) mass is 421 g/mol. The van der Waals surface area contributed by atoms with Gasteiger partial charge in [-0.2, -0.15) is 0 Å². The summed E-state index contributed by atoms with van der Waals surface area (Å²) in [5.41, 5.74) is 1.50. The lowest BCUT2D eigenvalue weighted by atomic mass is 10.1. The number of nitrogens with zero attached hydrogens (tertiary/aromatic N) is 2. The molecule has 0 bridgehead atoms. The Labute approximate surface area is 181 Å². The fourth-order valence-corrected chi connectivity index (χ4v) is 3.79. The van der Waals surface area contributed by atoms with Gasteiger partial charge in [0.1, 0.15) is 11.5 Å². The van der Waals surface area contributed by atoms with Crippen LogP contribution in [0.15, 0.2) is 48.7 Å². The SMILES string of the molecule is COc1cc2nccc(Oc3ccc(NC(=O)CN4CCCCC4)cc3)c2cc1OC. The van der Waals surface area contributed by atoms with Crippen molar-refractivity contribution in [2.75, 3.05) is 39.2 Å². The number of piperidine rings is 1. The van der Waals surface area contributed by atoms with Crippen molar-refractivity contribution in [3.8, 4) is 23.0 Å². The highest BCUT2D eigenvalue weighted by atomic mass is 16.5. The fourth-order valence-electron chi connectivity index (χ4n) is 3.79. The third kappa shape index (κ3) is 5.06. The zero-order valence-corrected chi connectivity index (χ0v) is 17.9. The van der Waals surface area contributed by atoms with Gasteiger partial charge in [0.2, 0.25) is 5.91 Å². The van der Waals surface area contributed by atoms with Crippen LogP contribution in [0.5, 0.6) is 23.0 Å². The van der Waals surface area contributed by atoms with E-state index in [-0.39, 0.29) is 5.91 Å². The number of benzene rings is 2. The first-order chi connectivity index (χ1) is 15.2. The standard InChI is InChI=1S/C24H27N3O4/c1-29-22-14-19-20(15-23(22)30-2)25-11-10-21(19)31-18-8-6-17(7-9-18)26-24(28)16-27-12-4-3-5-13-27/h6-11,14-15H,3-5,12-13,16H2,1-2H3,(H,26,28). The van der Waals surface area contributed by atoms with Crippen LogP contribution in [0, 0.1) is 0 Å². The first-order valence-electron chi connectivity index (χ1n) is 10.5. The molecule has 162 valence electrons. The van der Waals surface area contributed by atoms with Gasteiger partial charge in [0, 0.05) is 23.3 Å². The molecule has 1 aliphatic heterocycles. The van der Waals surface area contributed by atoms with Crippen LogP contribution in [0.4, 0.5) is 5.69 Å². The number of amides is 1. The average Bonchev–Trinajstić information content (AvgIpc) is 2.80. The molecule has 31 heavy (non-hydrogen) atoms. The number of rotatable bonds is 7. The van der Waals surface area contributed by atoms with E-state index in [1.54, 1.807) is 20.4 Å². The second-order valence-corrected chi connectivity index (χ2v) is 7.54. The van der Waals surface area contributed by atoms with Crippen LogP contribution in [0.1, 0.15) is 19.3 Å². The lowest BCUT2D eigenvalue weighted by molar-refractivity contribution is -0.117. The van der Waals surface area contributed by atoms with E-state index in [0.29, 0.717) is 29.5 Å². The Bertz CT molecular complexity index is 1050. The van der Waals surface area contributed by atoms with E-state index in [1.807, 2.05) is 42.5 Å². The molecule has 0 radical (unpaired) electrons. The number of nitrogens with one attached hydrogen (secondary N) is 1. The van der Waals surface area contributed by atoms with E-state index in [4.69, 9.17) is 14.2 Å². The molecule has 1 N–H and O–H groups in total. The number of methoxy groups -OCH3 is 2. The number of aromatic nitrogens is 1. The van der Waals surface area contributed by atoms with Gasteiger partial charge in [0.15, 0.2) is 11.5 Å². The summed E-state index contributed by atoms with van der Waals surface area (Å²) in [6.45, 7) is 2.43. The minimum absolute atomic E-state index is 0.0109. The Balaban J connectivity index is 1.45. The quantitative estimate of drug-likeness (QED) is 0.607. The van der Waals surface area contributed by atoms with Gasteiger partial charge in [-0.15, -0.1) is 0 Å². The Morgan fingerprint density at radius 1 is 0.968 bits per heavy atom. The topological polar surface area (TPSA) is 72.9 Å². The van der Waals surface area contributed by atoms with Crippen molar-refractivity contribution in [2.24, 2.45) is 0 Å². The van der Waals surface area contributed by atoms with Crippen molar-refractivity contribution in [1.29, 1.82) is 0 Å².